The van der Waals surface area contributed by atoms with Gasteiger partial charge in [-0.1, -0.05) is 19.4 Å². The highest BCUT2D eigenvalue weighted by atomic mass is 16.5. The second-order valence-corrected chi connectivity index (χ2v) is 15.5. The van der Waals surface area contributed by atoms with Gasteiger partial charge in [0.05, 0.1) is 44.7 Å². The molecule has 0 amide bonds. The lowest BCUT2D eigenvalue weighted by atomic mass is 9.47. The van der Waals surface area contributed by atoms with Crippen molar-refractivity contribution in [2.24, 2.45) is 45.8 Å². The zero-order valence-corrected chi connectivity index (χ0v) is 25.1. The van der Waals surface area contributed by atoms with Crippen LogP contribution in [0.3, 0.4) is 0 Å². The third kappa shape index (κ3) is 3.43. The van der Waals surface area contributed by atoms with Gasteiger partial charge in [0.25, 0.3) is 0 Å². The fourth-order valence-corrected chi connectivity index (χ4v) is 12.7. The summed E-state index contributed by atoms with van der Waals surface area (Å²) in [6, 6.07) is 0.581. The van der Waals surface area contributed by atoms with Crippen molar-refractivity contribution in [3.63, 3.8) is 0 Å². The first-order valence-corrected chi connectivity index (χ1v) is 16.7. The smallest absolute Gasteiger partial charge is 0.155 e. The van der Waals surface area contributed by atoms with E-state index in [4.69, 9.17) is 18.9 Å². The molecule has 40 heavy (non-hydrogen) atoms. The lowest BCUT2D eigenvalue weighted by Gasteiger charge is -2.60. The Bertz CT molecular complexity index is 1080. The first kappa shape index (κ1) is 26.8. The number of likely N-dealkylation sites (tertiary alicyclic amines) is 1. The number of ether oxygens (including phenoxy) is 4. The Labute approximate surface area is 240 Å². The van der Waals surface area contributed by atoms with Gasteiger partial charge in [-0.2, -0.15) is 0 Å². The van der Waals surface area contributed by atoms with Gasteiger partial charge < -0.3 is 18.9 Å². The van der Waals surface area contributed by atoms with E-state index in [1.807, 2.05) is 0 Å². The first-order valence-electron chi connectivity index (χ1n) is 16.7. The molecule has 6 heteroatoms. The number of methoxy groups -OCH3 is 1. The van der Waals surface area contributed by atoms with E-state index in [9.17, 15) is 4.79 Å². The van der Waals surface area contributed by atoms with Gasteiger partial charge in [0.1, 0.15) is 0 Å². The highest BCUT2D eigenvalue weighted by Crippen LogP contribution is 2.93. The van der Waals surface area contributed by atoms with Crippen LogP contribution in [0.4, 0.5) is 0 Å². The molecule has 0 bridgehead atoms. The molecule has 0 aromatic heterocycles. The number of hydrogen-bond donors (Lipinski definition) is 0. The van der Waals surface area contributed by atoms with E-state index in [2.05, 4.69) is 24.8 Å². The maximum atomic E-state index is 12.3. The Morgan fingerprint density at radius 2 is 1.82 bits per heavy atom. The highest BCUT2D eigenvalue weighted by molar-refractivity contribution is 5.91. The molecule has 222 valence electrons. The van der Waals surface area contributed by atoms with Crippen molar-refractivity contribution in [2.45, 2.75) is 95.8 Å². The summed E-state index contributed by atoms with van der Waals surface area (Å²) in [7, 11) is 1.70. The van der Waals surface area contributed by atoms with Crippen LogP contribution in [-0.2, 0) is 23.7 Å². The van der Waals surface area contributed by atoms with Crippen LogP contribution < -0.4 is 0 Å². The van der Waals surface area contributed by atoms with Crippen molar-refractivity contribution in [1.82, 2.24) is 4.90 Å². The lowest BCUT2D eigenvalue weighted by Crippen LogP contribution is -2.64. The summed E-state index contributed by atoms with van der Waals surface area (Å²) in [6.07, 6.45) is 15.0. The van der Waals surface area contributed by atoms with Crippen LogP contribution >= 0.6 is 0 Å². The molecular formula is C34H51NO5. The predicted molar refractivity (Wildman–Crippen MR) is 152 cm³/mol. The number of carbonyl (C=O) groups is 1. The largest absolute Gasteiger partial charge is 0.382 e. The first-order chi connectivity index (χ1) is 19.4. The van der Waals surface area contributed by atoms with Gasteiger partial charge in [0.2, 0.25) is 0 Å². The van der Waals surface area contributed by atoms with Crippen LogP contribution in [0.25, 0.3) is 0 Å². The average molecular weight is 554 g/mol. The summed E-state index contributed by atoms with van der Waals surface area (Å²) in [6.45, 7) is 10.5. The second kappa shape index (κ2) is 9.35. The molecular weight excluding hydrogens is 502 g/mol. The quantitative estimate of drug-likeness (QED) is 0.373. The third-order valence-corrected chi connectivity index (χ3v) is 14.2. The molecule has 6 aliphatic carbocycles. The van der Waals surface area contributed by atoms with Gasteiger partial charge in [0, 0.05) is 44.0 Å². The Kier molecular flexibility index (Phi) is 6.27. The van der Waals surface area contributed by atoms with E-state index >= 15 is 0 Å². The minimum Gasteiger partial charge on any atom is -0.382 e. The Morgan fingerprint density at radius 1 is 1.00 bits per heavy atom. The molecule has 3 spiro atoms. The molecule has 0 aromatic rings. The predicted octanol–water partition coefficient (Wildman–Crippen LogP) is 5.05. The van der Waals surface area contributed by atoms with E-state index in [1.165, 1.54) is 63.5 Å². The SMILES string of the molecule is COCCOCCOCCN1C[C@@H](C)C[C@H]2O[C@@]34CC[C@H]5[C@@H]6CCC7=CC(=O)CC[C@]7(C)[C@H]6CC56CC63C[C@@H]4[C@@H]21. The maximum absolute atomic E-state index is 12.3. The minimum absolute atomic E-state index is 0.146. The van der Waals surface area contributed by atoms with Crippen LogP contribution in [0.1, 0.15) is 78.1 Å². The Morgan fingerprint density at radius 3 is 2.67 bits per heavy atom. The molecule has 2 aliphatic heterocycles. The normalized spacial score (nSPS) is 51.8. The molecule has 6 nitrogen and oxygen atoms in total. The standard InChI is InChI=1S/C34H51NO5/c1-22-16-29-30(35(20-22)10-11-38-14-15-39-13-12-37-3)28-19-33-21-32(33)18-27-25(26(32)7-9-34(28,33)40-29)5-4-23-17-24(36)6-8-31(23,27)2/h17,22,25-30H,4-16,18-21H2,1-3H3/t22-,25-,26-,27-,28+,29+,30-,31-,32?,33?,34+/m0/s1. The molecule has 7 fully saturated rings. The van der Waals surface area contributed by atoms with Gasteiger partial charge in [-0.15, -0.1) is 0 Å². The van der Waals surface area contributed by atoms with Crippen molar-refractivity contribution >= 4 is 5.78 Å². The fraction of sp³-hybridized carbons (Fsp3) is 0.912. The minimum atomic E-state index is 0.146. The summed E-state index contributed by atoms with van der Waals surface area (Å²) in [5.74, 6) is 4.34. The lowest BCUT2D eigenvalue weighted by molar-refractivity contribution is -0.211. The van der Waals surface area contributed by atoms with Crippen molar-refractivity contribution in [2.75, 3.05) is 53.2 Å². The molecule has 8 rings (SSSR count). The van der Waals surface area contributed by atoms with Gasteiger partial charge in [-0.25, -0.2) is 0 Å². The number of ketones is 1. The number of carbonyl (C=O) groups excluding carboxylic acids is 1. The third-order valence-electron chi connectivity index (χ3n) is 14.2. The van der Waals surface area contributed by atoms with Crippen molar-refractivity contribution in [3.8, 4) is 0 Å². The Hall–Kier alpha value is -0.790. The number of rotatable bonds is 9. The van der Waals surface area contributed by atoms with Gasteiger partial charge in [-0.05, 0) is 98.4 Å². The zero-order valence-electron chi connectivity index (χ0n) is 25.1. The molecule has 8 aliphatic rings. The molecule has 0 radical (unpaired) electrons. The van der Waals surface area contributed by atoms with Gasteiger partial charge in [0.15, 0.2) is 5.78 Å². The number of allylic oxidation sites excluding steroid dienone is 2. The molecule has 2 heterocycles. The average Bonchev–Trinajstić information content (AvgIpc) is 3.41. The van der Waals surface area contributed by atoms with Gasteiger partial charge in [-0.3, -0.25) is 9.69 Å². The second-order valence-electron chi connectivity index (χ2n) is 15.5. The molecule has 2 unspecified atom stereocenters. The molecule has 5 saturated carbocycles. The summed E-state index contributed by atoms with van der Waals surface area (Å²) in [4.78, 5) is 15.1. The van der Waals surface area contributed by atoms with E-state index in [0.717, 1.165) is 43.7 Å². The maximum Gasteiger partial charge on any atom is 0.155 e. The highest BCUT2D eigenvalue weighted by Gasteiger charge is 2.91. The summed E-state index contributed by atoms with van der Waals surface area (Å²) in [5, 5.41) is 0. The summed E-state index contributed by atoms with van der Waals surface area (Å²) < 4.78 is 24.0. The fourth-order valence-electron chi connectivity index (χ4n) is 12.7. The van der Waals surface area contributed by atoms with E-state index < -0.39 is 0 Å². The van der Waals surface area contributed by atoms with Crippen molar-refractivity contribution < 1.29 is 23.7 Å². The van der Waals surface area contributed by atoms with Crippen molar-refractivity contribution in [3.05, 3.63) is 11.6 Å². The summed E-state index contributed by atoms with van der Waals surface area (Å²) >= 11 is 0. The van der Waals surface area contributed by atoms with E-state index in [0.29, 0.717) is 67.0 Å². The molecule has 2 saturated heterocycles. The number of fused-ring (bicyclic) bond motifs is 6. The van der Waals surface area contributed by atoms with Crippen LogP contribution in [0, 0.1) is 45.8 Å². The van der Waals surface area contributed by atoms with Crippen LogP contribution in [0.5, 0.6) is 0 Å². The monoisotopic (exact) mass is 553 g/mol. The van der Waals surface area contributed by atoms with E-state index in [1.54, 1.807) is 7.11 Å². The summed E-state index contributed by atoms with van der Waals surface area (Å²) in [5.41, 5.74) is 2.92. The van der Waals surface area contributed by atoms with Crippen molar-refractivity contribution in [1.29, 1.82) is 0 Å². The Balaban J connectivity index is 0.969. The number of nitrogens with zero attached hydrogens (tertiary/aromatic N) is 1. The zero-order chi connectivity index (χ0) is 27.3. The van der Waals surface area contributed by atoms with Gasteiger partial charge >= 0.3 is 0 Å². The topological polar surface area (TPSA) is 57.2 Å². The number of hydrogen-bond acceptors (Lipinski definition) is 6. The van der Waals surface area contributed by atoms with E-state index in [-0.39, 0.29) is 11.0 Å². The van der Waals surface area contributed by atoms with Crippen LogP contribution in [0.15, 0.2) is 11.6 Å². The molecule has 11 atom stereocenters. The molecule has 0 N–H and O–H groups in total. The molecule has 0 aromatic carbocycles. The number of piperidine rings is 1. The van der Waals surface area contributed by atoms with Crippen LogP contribution in [0.2, 0.25) is 0 Å². The van der Waals surface area contributed by atoms with Crippen LogP contribution in [-0.4, -0.2) is 81.7 Å².